The number of benzene rings is 2. The molecule has 2 aromatic carbocycles. The van der Waals surface area contributed by atoms with Gasteiger partial charge in [-0.15, -0.1) is 11.3 Å². The van der Waals surface area contributed by atoms with Crippen LogP contribution in [0.15, 0.2) is 69.2 Å². The summed E-state index contributed by atoms with van der Waals surface area (Å²) in [6.07, 6.45) is -0.0734. The van der Waals surface area contributed by atoms with E-state index in [4.69, 9.17) is 13.9 Å². The average molecular weight is 351 g/mol. The highest BCUT2D eigenvalue weighted by Gasteiger charge is 2.12. The number of para-hydroxylation sites is 1. The molecule has 25 heavy (non-hydrogen) atoms. The molecule has 0 aliphatic carbocycles. The van der Waals surface area contributed by atoms with Gasteiger partial charge in [0.2, 0.25) is 0 Å². The number of aromatic nitrogens is 1. The van der Waals surface area contributed by atoms with Gasteiger partial charge in [0.1, 0.15) is 21.9 Å². The fraction of sp³-hybridized carbons (Fsp3) is 0.0526. The zero-order chi connectivity index (χ0) is 17.2. The third kappa shape index (κ3) is 3.25. The van der Waals surface area contributed by atoms with Crippen molar-refractivity contribution in [3.05, 3.63) is 76.0 Å². The number of ether oxygens (including phenoxy) is 2. The minimum absolute atomic E-state index is 0.0734. The molecule has 0 radical (unpaired) electrons. The third-order valence-corrected chi connectivity index (χ3v) is 4.59. The van der Waals surface area contributed by atoms with Crippen LogP contribution in [0.4, 0.5) is 0 Å². The van der Waals surface area contributed by atoms with Crippen LogP contribution in [0.25, 0.3) is 10.2 Å². The Kier molecular flexibility index (Phi) is 3.95. The van der Waals surface area contributed by atoms with Crippen molar-refractivity contribution in [1.29, 1.82) is 0 Å². The summed E-state index contributed by atoms with van der Waals surface area (Å²) in [6.45, 7) is 1.89. The maximum absolute atomic E-state index is 12.0. The lowest BCUT2D eigenvalue weighted by molar-refractivity contribution is 0.307. The van der Waals surface area contributed by atoms with E-state index < -0.39 is 5.63 Å². The van der Waals surface area contributed by atoms with Gasteiger partial charge in [0.25, 0.3) is 0 Å². The van der Waals surface area contributed by atoms with Gasteiger partial charge in [-0.05, 0) is 54.3 Å². The molecule has 4 aromatic rings. The van der Waals surface area contributed by atoms with Crippen LogP contribution in [0.5, 0.6) is 23.3 Å². The molecule has 0 aliphatic rings. The van der Waals surface area contributed by atoms with E-state index in [-0.39, 0.29) is 6.08 Å². The van der Waals surface area contributed by atoms with Gasteiger partial charge in [0, 0.05) is 0 Å². The first-order valence-electron chi connectivity index (χ1n) is 7.59. The highest BCUT2D eigenvalue weighted by atomic mass is 32.1. The predicted octanol–water partition coefficient (Wildman–Crippen LogP) is 5.14. The summed E-state index contributed by atoms with van der Waals surface area (Å²) in [5.41, 5.74) is 1.09. The Labute approximate surface area is 147 Å². The van der Waals surface area contributed by atoms with E-state index >= 15 is 0 Å². The van der Waals surface area contributed by atoms with Gasteiger partial charge in [-0.3, -0.25) is 0 Å². The van der Waals surface area contributed by atoms with Crippen molar-refractivity contribution in [2.24, 2.45) is 0 Å². The monoisotopic (exact) mass is 351 g/mol. The fourth-order valence-corrected chi connectivity index (χ4v) is 3.17. The molecule has 2 heterocycles. The SMILES string of the molecule is Cc1csc2c(=O)oc(Oc3ccc(Oc4ccccc4)cc3)nc12. The molecule has 0 atom stereocenters. The molecule has 0 unspecified atom stereocenters. The molecule has 0 aliphatic heterocycles. The number of nitrogens with zero attached hydrogens (tertiary/aromatic N) is 1. The first kappa shape index (κ1) is 15.4. The van der Waals surface area contributed by atoms with Crippen molar-refractivity contribution in [3.8, 4) is 23.3 Å². The van der Waals surface area contributed by atoms with Crippen molar-refractivity contribution in [2.45, 2.75) is 6.92 Å². The van der Waals surface area contributed by atoms with E-state index in [0.29, 0.717) is 21.7 Å². The Hall–Kier alpha value is -3.12. The number of hydrogen-bond acceptors (Lipinski definition) is 6. The first-order valence-corrected chi connectivity index (χ1v) is 8.47. The molecule has 0 amide bonds. The van der Waals surface area contributed by atoms with E-state index in [1.165, 1.54) is 11.3 Å². The maximum Gasteiger partial charge on any atom is 0.402 e. The van der Waals surface area contributed by atoms with Crippen LogP contribution in [-0.2, 0) is 0 Å². The number of hydrogen-bond donors (Lipinski definition) is 0. The highest BCUT2D eigenvalue weighted by Crippen LogP contribution is 2.27. The van der Waals surface area contributed by atoms with Crippen molar-refractivity contribution in [3.63, 3.8) is 0 Å². The molecule has 0 saturated carbocycles. The Morgan fingerprint density at radius 3 is 2.28 bits per heavy atom. The molecule has 124 valence electrons. The van der Waals surface area contributed by atoms with Crippen molar-refractivity contribution in [2.75, 3.05) is 0 Å². The lowest BCUT2D eigenvalue weighted by Crippen LogP contribution is -2.01. The quantitative estimate of drug-likeness (QED) is 0.509. The van der Waals surface area contributed by atoms with Crippen LogP contribution in [0.2, 0.25) is 0 Å². The summed E-state index contributed by atoms with van der Waals surface area (Å²) in [7, 11) is 0. The third-order valence-electron chi connectivity index (χ3n) is 3.52. The normalized spacial score (nSPS) is 10.8. The van der Waals surface area contributed by atoms with Gasteiger partial charge in [0.05, 0.1) is 5.52 Å². The largest absolute Gasteiger partial charge is 0.457 e. The number of aryl methyl sites for hydroxylation is 1. The van der Waals surface area contributed by atoms with Crippen LogP contribution in [0, 0.1) is 6.92 Å². The van der Waals surface area contributed by atoms with E-state index in [2.05, 4.69) is 4.98 Å². The summed E-state index contributed by atoms with van der Waals surface area (Å²) >= 11 is 1.32. The van der Waals surface area contributed by atoms with Crippen LogP contribution < -0.4 is 15.1 Å². The Morgan fingerprint density at radius 1 is 0.920 bits per heavy atom. The lowest BCUT2D eigenvalue weighted by atomic mass is 10.3. The summed E-state index contributed by atoms with van der Waals surface area (Å²) in [6, 6.07) is 16.5. The van der Waals surface area contributed by atoms with Crippen LogP contribution in [0.3, 0.4) is 0 Å². The summed E-state index contributed by atoms with van der Waals surface area (Å²) in [5.74, 6) is 1.93. The molecule has 0 spiro atoms. The Bertz CT molecular complexity index is 1070. The minimum atomic E-state index is -0.442. The number of rotatable bonds is 4. The van der Waals surface area contributed by atoms with E-state index in [9.17, 15) is 4.79 Å². The molecule has 0 N–H and O–H groups in total. The lowest BCUT2D eigenvalue weighted by Gasteiger charge is -2.07. The van der Waals surface area contributed by atoms with Crippen LogP contribution >= 0.6 is 11.3 Å². The summed E-state index contributed by atoms with van der Waals surface area (Å²) in [4.78, 5) is 16.2. The second kappa shape index (κ2) is 6.41. The molecule has 0 bridgehead atoms. The van der Waals surface area contributed by atoms with E-state index in [1.54, 1.807) is 24.3 Å². The first-order chi connectivity index (χ1) is 12.2. The topological polar surface area (TPSA) is 61.6 Å². The standard InChI is InChI=1S/C19H13NO4S/c1-12-11-25-17-16(12)20-19(24-18(17)21)23-15-9-7-14(8-10-15)22-13-5-3-2-4-6-13/h2-11H,1H3. The number of thiophene rings is 1. The van der Waals surface area contributed by atoms with Gasteiger partial charge < -0.3 is 13.9 Å². The molecule has 5 nitrogen and oxygen atoms in total. The van der Waals surface area contributed by atoms with Gasteiger partial charge in [-0.25, -0.2) is 4.79 Å². The van der Waals surface area contributed by atoms with Crippen molar-refractivity contribution in [1.82, 2.24) is 4.98 Å². The molecule has 0 fully saturated rings. The second-order valence-electron chi connectivity index (χ2n) is 5.35. The van der Waals surface area contributed by atoms with E-state index in [1.807, 2.05) is 42.6 Å². The van der Waals surface area contributed by atoms with Gasteiger partial charge in [-0.1, -0.05) is 18.2 Å². The molecule has 0 saturated heterocycles. The average Bonchev–Trinajstić information content (AvgIpc) is 2.99. The second-order valence-corrected chi connectivity index (χ2v) is 6.23. The number of fused-ring (bicyclic) bond motifs is 1. The van der Waals surface area contributed by atoms with Crippen molar-refractivity contribution < 1.29 is 13.9 Å². The summed E-state index contributed by atoms with van der Waals surface area (Å²) < 4.78 is 16.9. The van der Waals surface area contributed by atoms with Crippen molar-refractivity contribution >= 4 is 21.6 Å². The Balaban J connectivity index is 1.55. The molecule has 2 aromatic heterocycles. The smallest absolute Gasteiger partial charge is 0.402 e. The van der Waals surface area contributed by atoms with Gasteiger partial charge >= 0.3 is 11.7 Å². The van der Waals surface area contributed by atoms with Crippen LogP contribution in [0.1, 0.15) is 5.56 Å². The van der Waals surface area contributed by atoms with E-state index in [0.717, 1.165) is 11.3 Å². The fourth-order valence-electron chi connectivity index (χ4n) is 2.31. The zero-order valence-corrected chi connectivity index (χ0v) is 14.1. The van der Waals surface area contributed by atoms with Gasteiger partial charge in [0.15, 0.2) is 0 Å². The summed E-state index contributed by atoms with van der Waals surface area (Å²) in [5, 5.41) is 1.87. The zero-order valence-electron chi connectivity index (χ0n) is 13.3. The molecular weight excluding hydrogens is 338 g/mol. The molecule has 4 rings (SSSR count). The highest BCUT2D eigenvalue weighted by molar-refractivity contribution is 7.17. The molecule has 6 heteroatoms. The maximum atomic E-state index is 12.0. The minimum Gasteiger partial charge on any atom is -0.457 e. The van der Waals surface area contributed by atoms with Gasteiger partial charge in [-0.2, -0.15) is 4.98 Å². The molecular formula is C19H13NO4S. The Morgan fingerprint density at radius 2 is 1.56 bits per heavy atom. The van der Waals surface area contributed by atoms with Crippen LogP contribution in [-0.4, -0.2) is 4.98 Å². The predicted molar refractivity (Wildman–Crippen MR) is 95.9 cm³/mol.